The Morgan fingerprint density at radius 3 is 2.64 bits per heavy atom. The number of hydrogen-bond donors (Lipinski definition) is 0. The van der Waals surface area contributed by atoms with Gasteiger partial charge in [-0.2, -0.15) is 4.98 Å². The van der Waals surface area contributed by atoms with Crippen molar-refractivity contribution in [2.24, 2.45) is 0 Å². The Hall–Kier alpha value is -2.86. The van der Waals surface area contributed by atoms with Crippen LogP contribution < -0.4 is 9.64 Å². The second kappa shape index (κ2) is 8.89. The first-order valence-electron chi connectivity index (χ1n) is 9.05. The van der Waals surface area contributed by atoms with Crippen molar-refractivity contribution >= 4 is 23.2 Å². The minimum absolute atomic E-state index is 0.0712. The quantitative estimate of drug-likeness (QED) is 0.576. The summed E-state index contributed by atoms with van der Waals surface area (Å²) >= 11 is 6.10. The highest BCUT2D eigenvalue weighted by Gasteiger charge is 2.19. The van der Waals surface area contributed by atoms with Gasteiger partial charge >= 0.3 is 0 Å². The van der Waals surface area contributed by atoms with Crippen LogP contribution in [0.15, 0.2) is 47.0 Å². The van der Waals surface area contributed by atoms with E-state index >= 15 is 0 Å². The molecule has 28 heavy (non-hydrogen) atoms. The van der Waals surface area contributed by atoms with Crippen molar-refractivity contribution in [1.82, 2.24) is 10.1 Å². The topological polar surface area (TPSA) is 68.5 Å². The first-order valence-corrected chi connectivity index (χ1v) is 9.43. The number of hydrogen-bond acceptors (Lipinski definition) is 5. The van der Waals surface area contributed by atoms with Gasteiger partial charge in [0.1, 0.15) is 5.75 Å². The fraction of sp³-hybridized carbons (Fsp3) is 0.286. The second-order valence-electron chi connectivity index (χ2n) is 6.33. The van der Waals surface area contributed by atoms with E-state index in [-0.39, 0.29) is 12.3 Å². The molecular formula is C21H22ClN3O3. The SMILES string of the molecule is CCN(C(=O)CCc1nc(-c2ccc(C)cc2)no1)c1cc(Cl)ccc1OC. The number of nitrogens with zero attached hydrogens (tertiary/aromatic N) is 3. The van der Waals surface area contributed by atoms with Crippen molar-refractivity contribution in [1.29, 1.82) is 0 Å². The van der Waals surface area contributed by atoms with Crippen molar-refractivity contribution in [3.63, 3.8) is 0 Å². The van der Waals surface area contributed by atoms with Gasteiger partial charge in [-0.15, -0.1) is 0 Å². The average Bonchev–Trinajstić information content (AvgIpc) is 3.17. The number of rotatable bonds is 7. The van der Waals surface area contributed by atoms with Crippen LogP contribution >= 0.6 is 11.6 Å². The van der Waals surface area contributed by atoms with E-state index in [1.54, 1.807) is 30.2 Å². The molecule has 2 aromatic carbocycles. The molecule has 1 heterocycles. The number of benzene rings is 2. The third kappa shape index (κ3) is 4.51. The molecule has 0 atom stereocenters. The van der Waals surface area contributed by atoms with Crippen LogP contribution in [0.5, 0.6) is 5.75 Å². The molecule has 3 aromatic rings. The average molecular weight is 400 g/mol. The van der Waals surface area contributed by atoms with Gasteiger partial charge < -0.3 is 14.2 Å². The van der Waals surface area contributed by atoms with E-state index in [0.29, 0.717) is 41.1 Å². The monoisotopic (exact) mass is 399 g/mol. The van der Waals surface area contributed by atoms with Crippen LogP contribution in [0.25, 0.3) is 11.4 Å². The van der Waals surface area contributed by atoms with Crippen LogP contribution in [-0.2, 0) is 11.2 Å². The maximum atomic E-state index is 12.8. The predicted molar refractivity (Wildman–Crippen MR) is 109 cm³/mol. The van der Waals surface area contributed by atoms with Gasteiger partial charge in [-0.05, 0) is 32.0 Å². The van der Waals surface area contributed by atoms with Crippen LogP contribution in [-0.4, -0.2) is 29.7 Å². The zero-order valence-corrected chi connectivity index (χ0v) is 16.9. The van der Waals surface area contributed by atoms with E-state index in [0.717, 1.165) is 11.1 Å². The zero-order valence-electron chi connectivity index (χ0n) is 16.1. The first-order chi connectivity index (χ1) is 13.5. The number of ether oxygens (including phenoxy) is 1. The van der Waals surface area contributed by atoms with Gasteiger partial charge in [0.2, 0.25) is 17.6 Å². The number of amides is 1. The zero-order chi connectivity index (χ0) is 20.1. The molecule has 7 heteroatoms. The molecule has 0 saturated heterocycles. The smallest absolute Gasteiger partial charge is 0.227 e. The standard InChI is InChI=1S/C21H22ClN3O3/c1-4-25(17-13-16(22)9-10-18(17)27-3)20(26)12-11-19-23-21(24-28-19)15-7-5-14(2)6-8-15/h5-10,13H,4,11-12H2,1-3H3. The summed E-state index contributed by atoms with van der Waals surface area (Å²) in [6, 6.07) is 13.1. The summed E-state index contributed by atoms with van der Waals surface area (Å²) in [4.78, 5) is 18.8. The molecule has 0 aliphatic heterocycles. The van der Waals surface area contributed by atoms with Crippen LogP contribution in [0.1, 0.15) is 24.8 Å². The third-order valence-electron chi connectivity index (χ3n) is 4.38. The van der Waals surface area contributed by atoms with Gasteiger partial charge in [-0.3, -0.25) is 4.79 Å². The number of carbonyl (C=O) groups excluding carboxylic acids is 1. The lowest BCUT2D eigenvalue weighted by Gasteiger charge is -2.23. The molecule has 146 valence electrons. The molecule has 0 fully saturated rings. The number of anilines is 1. The molecule has 0 bridgehead atoms. The van der Waals surface area contributed by atoms with Crippen molar-refractivity contribution < 1.29 is 14.1 Å². The summed E-state index contributed by atoms with van der Waals surface area (Å²) in [7, 11) is 1.57. The second-order valence-corrected chi connectivity index (χ2v) is 6.77. The van der Waals surface area contributed by atoms with Crippen molar-refractivity contribution in [2.45, 2.75) is 26.7 Å². The highest BCUT2D eigenvalue weighted by Crippen LogP contribution is 2.31. The van der Waals surface area contributed by atoms with E-state index < -0.39 is 0 Å². The van der Waals surface area contributed by atoms with E-state index in [1.165, 1.54) is 0 Å². The Morgan fingerprint density at radius 2 is 1.96 bits per heavy atom. The third-order valence-corrected chi connectivity index (χ3v) is 4.61. The van der Waals surface area contributed by atoms with Crippen molar-refractivity contribution in [2.75, 3.05) is 18.6 Å². The van der Waals surface area contributed by atoms with Crippen molar-refractivity contribution in [3.8, 4) is 17.1 Å². The predicted octanol–water partition coefficient (Wildman–Crippen LogP) is 4.69. The molecule has 0 radical (unpaired) electrons. The molecule has 0 saturated carbocycles. The summed E-state index contributed by atoms with van der Waals surface area (Å²) in [5.41, 5.74) is 2.69. The number of aromatic nitrogens is 2. The summed E-state index contributed by atoms with van der Waals surface area (Å²) in [5.74, 6) is 1.47. The van der Waals surface area contributed by atoms with Gasteiger partial charge in [0.15, 0.2) is 0 Å². The summed E-state index contributed by atoms with van der Waals surface area (Å²) in [6.07, 6.45) is 0.593. The Balaban J connectivity index is 1.69. The van der Waals surface area contributed by atoms with Gasteiger partial charge in [0.25, 0.3) is 0 Å². The number of halogens is 1. The summed E-state index contributed by atoms with van der Waals surface area (Å²) < 4.78 is 10.7. The normalized spacial score (nSPS) is 10.7. The van der Waals surface area contributed by atoms with Gasteiger partial charge in [-0.1, -0.05) is 46.6 Å². The van der Waals surface area contributed by atoms with Gasteiger partial charge in [0, 0.05) is 30.0 Å². The summed E-state index contributed by atoms with van der Waals surface area (Å²) in [6.45, 7) is 4.42. The Labute approximate surface area is 169 Å². The first kappa shape index (κ1) is 19.9. The number of aryl methyl sites for hydroxylation is 2. The van der Waals surface area contributed by atoms with Crippen LogP contribution in [0.4, 0.5) is 5.69 Å². The highest BCUT2D eigenvalue weighted by atomic mass is 35.5. The van der Waals surface area contributed by atoms with E-state index in [1.807, 2.05) is 38.1 Å². The summed E-state index contributed by atoms with van der Waals surface area (Å²) in [5, 5.41) is 4.55. The molecule has 0 spiro atoms. The molecule has 0 aliphatic carbocycles. The fourth-order valence-corrected chi connectivity index (χ4v) is 3.05. The van der Waals surface area contributed by atoms with Gasteiger partial charge in [0.05, 0.1) is 12.8 Å². The Bertz CT molecular complexity index is 954. The molecule has 0 unspecified atom stereocenters. The fourth-order valence-electron chi connectivity index (χ4n) is 2.88. The van der Waals surface area contributed by atoms with Crippen LogP contribution in [0.2, 0.25) is 5.02 Å². The molecule has 0 aliphatic rings. The molecule has 0 N–H and O–H groups in total. The van der Waals surface area contributed by atoms with E-state index in [9.17, 15) is 4.79 Å². The maximum absolute atomic E-state index is 12.8. The Kier molecular flexibility index (Phi) is 6.31. The number of carbonyl (C=O) groups is 1. The van der Waals surface area contributed by atoms with Crippen LogP contribution in [0, 0.1) is 6.92 Å². The lowest BCUT2D eigenvalue weighted by atomic mass is 10.1. The molecule has 1 amide bonds. The maximum Gasteiger partial charge on any atom is 0.227 e. The van der Waals surface area contributed by atoms with Crippen LogP contribution in [0.3, 0.4) is 0 Å². The number of methoxy groups -OCH3 is 1. The molecular weight excluding hydrogens is 378 g/mol. The lowest BCUT2D eigenvalue weighted by molar-refractivity contribution is -0.118. The lowest BCUT2D eigenvalue weighted by Crippen LogP contribution is -2.31. The van der Waals surface area contributed by atoms with E-state index in [2.05, 4.69) is 10.1 Å². The molecule has 1 aromatic heterocycles. The van der Waals surface area contributed by atoms with Crippen molar-refractivity contribution in [3.05, 3.63) is 58.9 Å². The molecule has 6 nitrogen and oxygen atoms in total. The minimum Gasteiger partial charge on any atom is -0.495 e. The minimum atomic E-state index is -0.0712. The van der Waals surface area contributed by atoms with E-state index in [4.69, 9.17) is 20.9 Å². The molecule has 3 rings (SSSR count). The van der Waals surface area contributed by atoms with Gasteiger partial charge in [-0.25, -0.2) is 0 Å². The largest absolute Gasteiger partial charge is 0.495 e. The Morgan fingerprint density at radius 1 is 1.21 bits per heavy atom. The highest BCUT2D eigenvalue weighted by molar-refractivity contribution is 6.31.